The molecule has 9 heteroatoms. The predicted octanol–water partition coefficient (Wildman–Crippen LogP) is 1.07. The molecule has 1 atom stereocenters. The Morgan fingerprint density at radius 1 is 1.25 bits per heavy atom. The summed E-state index contributed by atoms with van der Waals surface area (Å²) in [6.45, 7) is 0.131. The first kappa shape index (κ1) is 18.8. The first-order chi connectivity index (χ1) is 13.4. The molecular formula is C19H17N3O4S2. The Morgan fingerprint density at radius 2 is 2.07 bits per heavy atom. The van der Waals surface area contributed by atoms with E-state index in [0.29, 0.717) is 22.9 Å². The van der Waals surface area contributed by atoms with Crippen LogP contribution < -0.4 is 10.6 Å². The van der Waals surface area contributed by atoms with E-state index in [1.54, 1.807) is 12.1 Å². The van der Waals surface area contributed by atoms with Gasteiger partial charge in [0.15, 0.2) is 5.11 Å². The molecule has 2 aliphatic rings. The van der Waals surface area contributed by atoms with E-state index in [2.05, 4.69) is 10.6 Å². The highest BCUT2D eigenvalue weighted by Crippen LogP contribution is 2.33. The van der Waals surface area contributed by atoms with E-state index in [0.717, 1.165) is 20.9 Å². The molecule has 1 fully saturated rings. The van der Waals surface area contributed by atoms with E-state index in [-0.39, 0.29) is 25.0 Å². The highest BCUT2D eigenvalue weighted by Gasteiger charge is 2.29. The monoisotopic (exact) mass is 415 g/mol. The number of carbonyl (C=O) groups is 2. The van der Waals surface area contributed by atoms with Crippen LogP contribution in [0.25, 0.3) is 16.5 Å². The molecule has 2 aromatic rings. The normalized spacial score (nSPS) is 18.4. The van der Waals surface area contributed by atoms with E-state index < -0.39 is 6.10 Å². The van der Waals surface area contributed by atoms with Crippen LogP contribution in [0.1, 0.15) is 20.8 Å². The Kier molecular flexibility index (Phi) is 4.98. The quantitative estimate of drug-likeness (QED) is 0.431. The van der Waals surface area contributed by atoms with Crippen LogP contribution in [0.2, 0.25) is 0 Å². The van der Waals surface area contributed by atoms with Crippen LogP contribution in [0.15, 0.2) is 36.0 Å². The van der Waals surface area contributed by atoms with E-state index in [1.807, 2.05) is 24.3 Å². The number of aliphatic hydroxyl groups excluding tert-OH is 2. The van der Waals surface area contributed by atoms with Crippen LogP contribution >= 0.6 is 23.6 Å². The summed E-state index contributed by atoms with van der Waals surface area (Å²) in [5.41, 5.74) is 2.90. The molecule has 144 valence electrons. The summed E-state index contributed by atoms with van der Waals surface area (Å²) in [6.07, 6.45) is 0.803. The third-order valence-electron chi connectivity index (χ3n) is 4.54. The molecule has 1 aromatic heterocycles. The maximum Gasteiger partial charge on any atom is 0.273 e. The molecular weight excluding hydrogens is 398 g/mol. The first-order valence-electron chi connectivity index (χ1n) is 8.60. The third-order valence-corrected chi connectivity index (χ3v) is 5.83. The topological polar surface area (TPSA) is 102 Å². The second-order valence-electron chi connectivity index (χ2n) is 6.56. The molecule has 1 aromatic carbocycles. The fourth-order valence-electron chi connectivity index (χ4n) is 3.20. The number of β-amino-alcohol motifs (C(OH)–C–C–N with tert-alkyl or cyclic N) is 1. The highest BCUT2D eigenvalue weighted by molar-refractivity contribution is 7.80. The van der Waals surface area contributed by atoms with Crippen LogP contribution in [0.3, 0.4) is 0 Å². The summed E-state index contributed by atoms with van der Waals surface area (Å²) in [7, 11) is 0. The number of hydrogen-bond acceptors (Lipinski definition) is 6. The van der Waals surface area contributed by atoms with Crippen molar-refractivity contribution in [3.05, 3.63) is 52.0 Å². The van der Waals surface area contributed by atoms with Gasteiger partial charge in [-0.05, 0) is 53.7 Å². The Bertz CT molecular complexity index is 1010. The van der Waals surface area contributed by atoms with Crippen molar-refractivity contribution in [1.82, 2.24) is 15.5 Å². The second-order valence-corrected chi connectivity index (χ2v) is 8.09. The molecule has 2 amide bonds. The molecule has 7 nitrogen and oxygen atoms in total. The van der Waals surface area contributed by atoms with Gasteiger partial charge in [0.1, 0.15) is 5.70 Å². The van der Waals surface area contributed by atoms with Gasteiger partial charge in [0.05, 0.1) is 12.7 Å². The zero-order chi connectivity index (χ0) is 19.8. The lowest BCUT2D eigenvalue weighted by molar-refractivity contribution is -0.115. The summed E-state index contributed by atoms with van der Waals surface area (Å²) in [5, 5.41) is 24.3. The molecule has 0 saturated carbocycles. The number of aliphatic hydroxyl groups is 2. The van der Waals surface area contributed by atoms with Gasteiger partial charge in [-0.25, -0.2) is 0 Å². The summed E-state index contributed by atoms with van der Waals surface area (Å²) in [4.78, 5) is 27.6. The molecule has 0 bridgehead atoms. The Morgan fingerprint density at radius 3 is 2.79 bits per heavy atom. The third kappa shape index (κ3) is 3.57. The lowest BCUT2D eigenvalue weighted by Crippen LogP contribution is -2.34. The standard InChI is InChI=1S/C19H17N3O4S2/c23-9-12(24)8-22-7-11-5-10(1-3-14(11)18(22)26)16-4-2-13(28-16)6-15-17(25)21-19(27)20-15/h1-6,12,23-24H,7-9H2,(H2,20,21,25,27)/b15-6+. The Hall–Kier alpha value is -2.59. The van der Waals surface area contributed by atoms with Crippen molar-refractivity contribution < 1.29 is 19.8 Å². The second kappa shape index (κ2) is 7.44. The molecule has 28 heavy (non-hydrogen) atoms. The molecule has 1 unspecified atom stereocenters. The maximum atomic E-state index is 12.4. The number of rotatable bonds is 5. The average molecular weight is 415 g/mol. The molecule has 0 radical (unpaired) electrons. The fraction of sp³-hybridized carbons (Fsp3) is 0.211. The summed E-state index contributed by atoms with van der Waals surface area (Å²) in [6, 6.07) is 9.54. The zero-order valence-electron chi connectivity index (χ0n) is 14.6. The number of nitrogens with zero attached hydrogens (tertiary/aromatic N) is 1. The smallest absolute Gasteiger partial charge is 0.273 e. The van der Waals surface area contributed by atoms with Crippen molar-refractivity contribution >= 4 is 46.6 Å². The molecule has 4 N–H and O–H groups in total. The number of benzene rings is 1. The molecule has 1 saturated heterocycles. The van der Waals surface area contributed by atoms with Crippen molar-refractivity contribution in [2.45, 2.75) is 12.6 Å². The van der Waals surface area contributed by atoms with Gasteiger partial charge in [0.2, 0.25) is 0 Å². The first-order valence-corrected chi connectivity index (χ1v) is 9.82. The molecule has 0 spiro atoms. The van der Waals surface area contributed by atoms with Crippen LogP contribution in [-0.2, 0) is 11.3 Å². The molecule has 4 rings (SSSR count). The highest BCUT2D eigenvalue weighted by atomic mass is 32.1. The van der Waals surface area contributed by atoms with Gasteiger partial charge in [-0.2, -0.15) is 0 Å². The number of carbonyl (C=O) groups excluding carboxylic acids is 2. The number of hydrogen-bond donors (Lipinski definition) is 4. The van der Waals surface area contributed by atoms with E-state index in [4.69, 9.17) is 17.3 Å². The van der Waals surface area contributed by atoms with Crippen LogP contribution in [0.5, 0.6) is 0 Å². The fourth-order valence-corrected chi connectivity index (χ4v) is 4.35. The maximum absolute atomic E-state index is 12.4. The van der Waals surface area contributed by atoms with E-state index >= 15 is 0 Å². The van der Waals surface area contributed by atoms with Gasteiger partial charge in [0, 0.05) is 28.4 Å². The van der Waals surface area contributed by atoms with E-state index in [9.17, 15) is 14.7 Å². The minimum atomic E-state index is -0.945. The Labute approximate surface area is 170 Å². The summed E-state index contributed by atoms with van der Waals surface area (Å²) >= 11 is 6.45. The number of fused-ring (bicyclic) bond motifs is 1. The van der Waals surface area contributed by atoms with Crippen molar-refractivity contribution in [2.75, 3.05) is 13.2 Å². The van der Waals surface area contributed by atoms with Gasteiger partial charge in [-0.15, -0.1) is 11.3 Å². The Balaban J connectivity index is 1.55. The number of thiophene rings is 1. The van der Waals surface area contributed by atoms with Gasteiger partial charge in [0.25, 0.3) is 11.8 Å². The minimum absolute atomic E-state index is 0.104. The number of thiocarbonyl (C=S) groups is 1. The van der Waals surface area contributed by atoms with Crippen molar-refractivity contribution in [1.29, 1.82) is 0 Å². The zero-order valence-corrected chi connectivity index (χ0v) is 16.3. The van der Waals surface area contributed by atoms with Crippen LogP contribution in [0.4, 0.5) is 0 Å². The SMILES string of the molecule is O=C1NC(=S)N/C1=C/c1ccc(-c2ccc3c(c2)CN(CC(O)CO)C3=O)s1. The summed E-state index contributed by atoms with van der Waals surface area (Å²) < 4.78 is 0. The molecule has 0 aliphatic carbocycles. The summed E-state index contributed by atoms with van der Waals surface area (Å²) in [5.74, 6) is -0.388. The largest absolute Gasteiger partial charge is 0.394 e. The molecule has 2 aliphatic heterocycles. The van der Waals surface area contributed by atoms with Gasteiger partial charge in [-0.3, -0.25) is 14.9 Å². The van der Waals surface area contributed by atoms with Crippen molar-refractivity contribution in [3.63, 3.8) is 0 Å². The van der Waals surface area contributed by atoms with E-state index in [1.165, 1.54) is 16.2 Å². The van der Waals surface area contributed by atoms with Gasteiger partial charge in [-0.1, -0.05) is 6.07 Å². The lowest BCUT2D eigenvalue weighted by Gasteiger charge is -2.18. The van der Waals surface area contributed by atoms with Gasteiger partial charge >= 0.3 is 0 Å². The average Bonchev–Trinajstić information content (AvgIpc) is 3.34. The predicted molar refractivity (Wildman–Crippen MR) is 109 cm³/mol. The van der Waals surface area contributed by atoms with Crippen LogP contribution in [-0.4, -0.2) is 51.3 Å². The minimum Gasteiger partial charge on any atom is -0.394 e. The number of amides is 2. The molecule has 3 heterocycles. The van der Waals surface area contributed by atoms with Crippen molar-refractivity contribution in [3.8, 4) is 10.4 Å². The number of nitrogens with one attached hydrogen (secondary N) is 2. The van der Waals surface area contributed by atoms with Gasteiger partial charge < -0.3 is 20.4 Å². The van der Waals surface area contributed by atoms with Crippen molar-refractivity contribution in [2.24, 2.45) is 0 Å². The lowest BCUT2D eigenvalue weighted by atomic mass is 10.1. The van der Waals surface area contributed by atoms with Crippen LogP contribution in [0, 0.1) is 0 Å².